The summed E-state index contributed by atoms with van der Waals surface area (Å²) in [6.07, 6.45) is 7.39. The van der Waals surface area contributed by atoms with Gasteiger partial charge >= 0.3 is 0 Å². The van der Waals surface area contributed by atoms with Crippen molar-refractivity contribution in [1.29, 1.82) is 0 Å². The second-order valence-corrected chi connectivity index (χ2v) is 5.64. The Kier molecular flexibility index (Phi) is 2.77. The van der Waals surface area contributed by atoms with Gasteiger partial charge in [-0.05, 0) is 37.7 Å². The maximum Gasteiger partial charge on any atom is 0.225 e. The molecule has 3 nitrogen and oxygen atoms in total. The fraction of sp³-hybridized carbons (Fsp3) is 0.714. The lowest BCUT2D eigenvalue weighted by molar-refractivity contribution is 0.293. The average molecular weight is 231 g/mol. The molecule has 2 heterocycles. The molecule has 0 amide bonds. The zero-order valence-electron chi connectivity index (χ0n) is 10.8. The van der Waals surface area contributed by atoms with E-state index in [-0.39, 0.29) is 0 Å². The van der Waals surface area contributed by atoms with Crippen molar-refractivity contribution in [3.8, 4) is 0 Å². The van der Waals surface area contributed by atoms with E-state index in [9.17, 15) is 0 Å². The molecule has 17 heavy (non-hydrogen) atoms. The Morgan fingerprint density at radius 3 is 2.94 bits per heavy atom. The van der Waals surface area contributed by atoms with Gasteiger partial charge in [-0.3, -0.25) is 0 Å². The molecule has 3 heteroatoms. The summed E-state index contributed by atoms with van der Waals surface area (Å²) in [5, 5.41) is 0. The molecule has 0 spiro atoms. The zero-order chi connectivity index (χ0) is 11.8. The van der Waals surface area contributed by atoms with Crippen molar-refractivity contribution in [3.63, 3.8) is 0 Å². The van der Waals surface area contributed by atoms with E-state index in [1.54, 1.807) is 0 Å². The van der Waals surface area contributed by atoms with E-state index in [1.165, 1.54) is 25.7 Å². The van der Waals surface area contributed by atoms with E-state index < -0.39 is 0 Å². The van der Waals surface area contributed by atoms with E-state index >= 15 is 0 Å². The van der Waals surface area contributed by atoms with Crippen molar-refractivity contribution < 1.29 is 0 Å². The van der Waals surface area contributed by atoms with Gasteiger partial charge in [-0.25, -0.2) is 9.97 Å². The van der Waals surface area contributed by atoms with Crippen LogP contribution in [0.15, 0.2) is 12.3 Å². The summed E-state index contributed by atoms with van der Waals surface area (Å²) in [6, 6.07) is 2.67. The van der Waals surface area contributed by atoms with Gasteiger partial charge in [0, 0.05) is 24.5 Å². The number of anilines is 1. The normalized spacial score (nSPS) is 32.6. The molecule has 1 saturated carbocycles. The van der Waals surface area contributed by atoms with E-state index in [4.69, 9.17) is 0 Å². The SMILES string of the molecule is Cc1ccnc(N2CC(C)C3CCCCC32)n1. The first kappa shape index (κ1) is 11.0. The molecule has 2 aliphatic rings. The van der Waals surface area contributed by atoms with E-state index in [0.717, 1.165) is 30.0 Å². The average Bonchev–Trinajstić information content (AvgIpc) is 2.68. The van der Waals surface area contributed by atoms with Crippen molar-refractivity contribution in [2.24, 2.45) is 11.8 Å². The number of hydrogen-bond donors (Lipinski definition) is 0. The van der Waals surface area contributed by atoms with Crippen LogP contribution in [0.3, 0.4) is 0 Å². The van der Waals surface area contributed by atoms with Gasteiger partial charge in [-0.2, -0.15) is 0 Å². The van der Waals surface area contributed by atoms with Crippen LogP contribution in [0.25, 0.3) is 0 Å². The van der Waals surface area contributed by atoms with Gasteiger partial charge in [0.05, 0.1) is 0 Å². The molecular weight excluding hydrogens is 210 g/mol. The van der Waals surface area contributed by atoms with Crippen molar-refractivity contribution in [1.82, 2.24) is 9.97 Å². The molecule has 1 aliphatic carbocycles. The summed E-state index contributed by atoms with van der Waals surface area (Å²) in [7, 11) is 0. The fourth-order valence-electron chi connectivity index (χ4n) is 3.58. The van der Waals surface area contributed by atoms with Gasteiger partial charge in [0.25, 0.3) is 0 Å². The molecule has 92 valence electrons. The highest BCUT2D eigenvalue weighted by molar-refractivity contribution is 5.35. The minimum atomic E-state index is 0.695. The van der Waals surface area contributed by atoms with Gasteiger partial charge in [-0.1, -0.05) is 19.8 Å². The predicted octanol–water partition coefficient (Wildman–Crippen LogP) is 2.80. The van der Waals surface area contributed by atoms with Crippen LogP contribution in [0, 0.1) is 18.8 Å². The molecule has 0 radical (unpaired) electrons. The standard InChI is InChI=1S/C14H21N3/c1-10-9-17(13-6-4-3-5-12(10)13)14-15-8-7-11(2)16-14/h7-8,10,12-13H,3-6,9H2,1-2H3. The second kappa shape index (κ2) is 4.28. The maximum absolute atomic E-state index is 4.60. The van der Waals surface area contributed by atoms with Crippen LogP contribution in [0.4, 0.5) is 5.95 Å². The first-order chi connectivity index (χ1) is 8.25. The summed E-state index contributed by atoms with van der Waals surface area (Å²) in [5.41, 5.74) is 1.07. The molecule has 0 bridgehead atoms. The minimum Gasteiger partial charge on any atom is -0.337 e. The number of aromatic nitrogens is 2. The first-order valence-electron chi connectivity index (χ1n) is 6.82. The third kappa shape index (κ3) is 1.92. The summed E-state index contributed by atoms with van der Waals surface area (Å²) < 4.78 is 0. The third-order valence-corrected chi connectivity index (χ3v) is 4.44. The van der Waals surface area contributed by atoms with Crippen molar-refractivity contribution in [3.05, 3.63) is 18.0 Å². The van der Waals surface area contributed by atoms with Crippen molar-refractivity contribution in [2.75, 3.05) is 11.4 Å². The number of hydrogen-bond acceptors (Lipinski definition) is 3. The summed E-state index contributed by atoms with van der Waals surface area (Å²) in [4.78, 5) is 11.5. The third-order valence-electron chi connectivity index (χ3n) is 4.44. The minimum absolute atomic E-state index is 0.695. The Morgan fingerprint density at radius 1 is 1.29 bits per heavy atom. The fourth-order valence-corrected chi connectivity index (χ4v) is 3.58. The molecule has 0 N–H and O–H groups in total. The number of rotatable bonds is 1. The maximum atomic E-state index is 4.60. The van der Waals surface area contributed by atoms with Crippen molar-refractivity contribution in [2.45, 2.75) is 45.6 Å². The molecule has 3 atom stereocenters. The lowest BCUT2D eigenvalue weighted by Crippen LogP contribution is -2.35. The zero-order valence-corrected chi connectivity index (χ0v) is 10.8. The molecule has 1 aromatic heterocycles. The molecule has 1 saturated heterocycles. The molecular formula is C14H21N3. The van der Waals surface area contributed by atoms with Gasteiger partial charge in [0.15, 0.2) is 0 Å². The quantitative estimate of drug-likeness (QED) is 0.744. The van der Waals surface area contributed by atoms with Crippen molar-refractivity contribution >= 4 is 5.95 Å². The second-order valence-electron chi connectivity index (χ2n) is 5.64. The smallest absolute Gasteiger partial charge is 0.225 e. The lowest BCUT2D eigenvalue weighted by atomic mass is 9.80. The lowest BCUT2D eigenvalue weighted by Gasteiger charge is -2.32. The Labute approximate surface area is 103 Å². The monoisotopic (exact) mass is 231 g/mol. The van der Waals surface area contributed by atoms with Crippen LogP contribution in [0.5, 0.6) is 0 Å². The van der Waals surface area contributed by atoms with Gasteiger partial charge in [0.1, 0.15) is 0 Å². The Balaban J connectivity index is 1.88. The molecule has 0 aromatic carbocycles. The number of fused-ring (bicyclic) bond motifs is 1. The largest absolute Gasteiger partial charge is 0.337 e. The summed E-state index contributed by atoms with van der Waals surface area (Å²) >= 11 is 0. The summed E-state index contributed by atoms with van der Waals surface area (Å²) in [6.45, 7) is 5.57. The van der Waals surface area contributed by atoms with Crippen LogP contribution >= 0.6 is 0 Å². The Bertz CT molecular complexity index is 404. The highest BCUT2D eigenvalue weighted by Gasteiger charge is 2.41. The number of nitrogens with zero attached hydrogens (tertiary/aromatic N) is 3. The van der Waals surface area contributed by atoms with E-state index in [0.29, 0.717) is 6.04 Å². The molecule has 1 aromatic rings. The topological polar surface area (TPSA) is 29.0 Å². The molecule has 3 rings (SSSR count). The highest BCUT2D eigenvalue weighted by Crippen LogP contribution is 2.40. The van der Waals surface area contributed by atoms with Crippen LogP contribution in [0.2, 0.25) is 0 Å². The molecule has 2 fully saturated rings. The summed E-state index contributed by atoms with van der Waals surface area (Å²) in [5.74, 6) is 2.61. The molecule has 1 aliphatic heterocycles. The van der Waals surface area contributed by atoms with Gasteiger partial charge in [-0.15, -0.1) is 0 Å². The van der Waals surface area contributed by atoms with Crippen LogP contribution in [0.1, 0.15) is 38.3 Å². The molecule has 3 unspecified atom stereocenters. The highest BCUT2D eigenvalue weighted by atomic mass is 15.3. The van der Waals surface area contributed by atoms with E-state index in [1.807, 2.05) is 19.2 Å². The van der Waals surface area contributed by atoms with Gasteiger partial charge < -0.3 is 4.90 Å². The Hall–Kier alpha value is -1.12. The van der Waals surface area contributed by atoms with Crippen LogP contribution in [-0.4, -0.2) is 22.6 Å². The van der Waals surface area contributed by atoms with Crippen LogP contribution in [-0.2, 0) is 0 Å². The Morgan fingerprint density at radius 2 is 2.12 bits per heavy atom. The predicted molar refractivity (Wildman–Crippen MR) is 69.0 cm³/mol. The number of aryl methyl sites for hydroxylation is 1. The first-order valence-corrected chi connectivity index (χ1v) is 6.82. The van der Waals surface area contributed by atoms with Crippen LogP contribution < -0.4 is 4.90 Å². The van der Waals surface area contributed by atoms with Gasteiger partial charge in [0.2, 0.25) is 5.95 Å². The van der Waals surface area contributed by atoms with E-state index in [2.05, 4.69) is 21.8 Å².